The Labute approximate surface area is 123 Å². The smallest absolute Gasteiger partial charge is 0.161 e. The minimum absolute atomic E-state index is 0.160. The van der Waals surface area contributed by atoms with E-state index in [1.807, 2.05) is 38.1 Å². The molecule has 0 aliphatic rings. The van der Waals surface area contributed by atoms with E-state index < -0.39 is 0 Å². The first kappa shape index (κ1) is 14.5. The molecule has 0 atom stereocenters. The van der Waals surface area contributed by atoms with Crippen LogP contribution in [0.5, 0.6) is 17.2 Å². The Morgan fingerprint density at radius 1 is 1.10 bits per heavy atom. The number of hydrogen-bond donors (Lipinski definition) is 1. The summed E-state index contributed by atoms with van der Waals surface area (Å²) in [5.74, 6) is 1.28. The molecule has 0 fully saturated rings. The molecule has 0 spiro atoms. The quantitative estimate of drug-likeness (QED) is 0.906. The van der Waals surface area contributed by atoms with Crippen molar-refractivity contribution in [3.05, 3.63) is 40.9 Å². The summed E-state index contributed by atoms with van der Waals surface area (Å²) < 4.78 is 10.6. The number of halogens is 1. The van der Waals surface area contributed by atoms with Crippen molar-refractivity contribution in [2.45, 2.75) is 13.8 Å². The van der Waals surface area contributed by atoms with Crippen LogP contribution in [-0.4, -0.2) is 18.8 Å². The number of phenols is 1. The van der Waals surface area contributed by atoms with Crippen molar-refractivity contribution >= 4 is 11.6 Å². The molecular formula is C16H17ClO3. The first-order valence-corrected chi connectivity index (χ1v) is 6.75. The van der Waals surface area contributed by atoms with Crippen LogP contribution < -0.4 is 9.47 Å². The Bertz CT molecular complexity index is 623. The van der Waals surface area contributed by atoms with Crippen molar-refractivity contribution < 1.29 is 14.6 Å². The van der Waals surface area contributed by atoms with Crippen molar-refractivity contribution in [1.29, 1.82) is 0 Å². The third-order valence-corrected chi connectivity index (χ3v) is 3.35. The van der Waals surface area contributed by atoms with Gasteiger partial charge in [0.05, 0.1) is 18.7 Å². The van der Waals surface area contributed by atoms with Gasteiger partial charge in [-0.05, 0) is 54.8 Å². The second-order valence-electron chi connectivity index (χ2n) is 4.42. The van der Waals surface area contributed by atoms with Crippen LogP contribution >= 0.6 is 11.6 Å². The van der Waals surface area contributed by atoms with Gasteiger partial charge in [-0.25, -0.2) is 0 Å². The molecule has 3 nitrogen and oxygen atoms in total. The van der Waals surface area contributed by atoms with Crippen molar-refractivity contribution in [3.63, 3.8) is 0 Å². The number of ether oxygens (including phenoxy) is 2. The Balaban J connectivity index is 2.46. The lowest BCUT2D eigenvalue weighted by Gasteiger charge is -2.11. The van der Waals surface area contributed by atoms with Gasteiger partial charge in [0.1, 0.15) is 5.75 Å². The van der Waals surface area contributed by atoms with E-state index in [1.54, 1.807) is 6.07 Å². The summed E-state index contributed by atoms with van der Waals surface area (Å²) in [5.41, 5.74) is 2.63. The fraction of sp³-hybridized carbons (Fsp3) is 0.250. The molecule has 0 aromatic heterocycles. The molecular weight excluding hydrogens is 276 g/mol. The summed E-state index contributed by atoms with van der Waals surface area (Å²) >= 11 is 6.20. The monoisotopic (exact) mass is 292 g/mol. The number of hydrogen-bond acceptors (Lipinski definition) is 3. The average molecular weight is 293 g/mol. The Hall–Kier alpha value is -1.87. The molecule has 0 aliphatic heterocycles. The normalized spacial score (nSPS) is 10.4. The van der Waals surface area contributed by atoms with Crippen molar-refractivity contribution in [3.8, 4) is 28.4 Å². The van der Waals surface area contributed by atoms with Crippen LogP contribution in [0, 0.1) is 6.92 Å². The number of phenolic OH excluding ortho intramolecular Hbond substituents is 1. The van der Waals surface area contributed by atoms with E-state index in [9.17, 15) is 5.11 Å². The molecule has 0 unspecified atom stereocenters. The highest BCUT2D eigenvalue weighted by molar-refractivity contribution is 6.32. The molecule has 1 N–H and O–H groups in total. The highest BCUT2D eigenvalue weighted by atomic mass is 35.5. The van der Waals surface area contributed by atoms with E-state index in [4.69, 9.17) is 21.1 Å². The van der Waals surface area contributed by atoms with Gasteiger partial charge < -0.3 is 14.6 Å². The first-order valence-electron chi connectivity index (χ1n) is 6.37. The van der Waals surface area contributed by atoms with Gasteiger partial charge in [0.15, 0.2) is 11.5 Å². The SMILES string of the molecule is CCOc1ccc(-c2cc(C)c(O)c(OC)c2)cc1Cl. The van der Waals surface area contributed by atoms with Gasteiger partial charge in [-0.3, -0.25) is 0 Å². The maximum Gasteiger partial charge on any atom is 0.161 e. The number of benzene rings is 2. The van der Waals surface area contributed by atoms with Crippen LogP contribution in [-0.2, 0) is 0 Å². The molecule has 0 bridgehead atoms. The van der Waals surface area contributed by atoms with Gasteiger partial charge in [-0.15, -0.1) is 0 Å². The molecule has 0 heterocycles. The molecule has 0 saturated heterocycles. The van der Waals surface area contributed by atoms with Gasteiger partial charge in [-0.2, -0.15) is 0 Å². The summed E-state index contributed by atoms with van der Waals surface area (Å²) in [6.07, 6.45) is 0. The molecule has 2 aromatic rings. The third kappa shape index (κ3) is 2.83. The topological polar surface area (TPSA) is 38.7 Å². The fourth-order valence-corrected chi connectivity index (χ4v) is 2.26. The molecule has 20 heavy (non-hydrogen) atoms. The highest BCUT2D eigenvalue weighted by Crippen LogP contribution is 2.37. The van der Waals surface area contributed by atoms with Crippen LogP contribution in [0.3, 0.4) is 0 Å². The standard InChI is InChI=1S/C16H17ClO3/c1-4-20-14-6-5-11(8-13(14)17)12-7-10(2)16(18)15(9-12)19-3/h5-9,18H,4H2,1-3H3. The molecule has 106 valence electrons. The number of aromatic hydroxyl groups is 1. The van der Waals surface area contributed by atoms with E-state index in [0.29, 0.717) is 23.1 Å². The van der Waals surface area contributed by atoms with Gasteiger partial charge in [-0.1, -0.05) is 17.7 Å². The predicted molar refractivity (Wildman–Crippen MR) is 81.0 cm³/mol. The highest BCUT2D eigenvalue weighted by Gasteiger charge is 2.10. The zero-order valence-electron chi connectivity index (χ0n) is 11.7. The second kappa shape index (κ2) is 6.06. The van der Waals surface area contributed by atoms with E-state index in [1.165, 1.54) is 7.11 Å². The summed E-state index contributed by atoms with van der Waals surface area (Å²) in [4.78, 5) is 0. The molecule has 4 heteroatoms. The minimum atomic E-state index is 0.160. The van der Waals surface area contributed by atoms with Crippen LogP contribution in [0.25, 0.3) is 11.1 Å². The lowest BCUT2D eigenvalue weighted by atomic mass is 10.0. The number of rotatable bonds is 4. The zero-order valence-corrected chi connectivity index (χ0v) is 12.5. The molecule has 0 saturated carbocycles. The number of aryl methyl sites for hydroxylation is 1. The van der Waals surface area contributed by atoms with Gasteiger partial charge >= 0.3 is 0 Å². The summed E-state index contributed by atoms with van der Waals surface area (Å²) in [6, 6.07) is 9.30. The third-order valence-electron chi connectivity index (χ3n) is 3.05. The lowest BCUT2D eigenvalue weighted by molar-refractivity contribution is 0.340. The first-order chi connectivity index (χ1) is 9.56. The molecule has 0 radical (unpaired) electrons. The molecule has 0 aliphatic carbocycles. The van der Waals surface area contributed by atoms with Gasteiger partial charge in [0, 0.05) is 0 Å². The maximum absolute atomic E-state index is 9.87. The summed E-state index contributed by atoms with van der Waals surface area (Å²) in [7, 11) is 1.53. The Kier molecular flexibility index (Phi) is 4.40. The molecule has 2 rings (SSSR count). The Morgan fingerprint density at radius 2 is 1.85 bits per heavy atom. The van der Waals surface area contributed by atoms with Crippen LogP contribution in [0.2, 0.25) is 5.02 Å². The van der Waals surface area contributed by atoms with Crippen LogP contribution in [0.1, 0.15) is 12.5 Å². The van der Waals surface area contributed by atoms with Crippen LogP contribution in [0.15, 0.2) is 30.3 Å². The summed E-state index contributed by atoms with van der Waals surface area (Å²) in [6.45, 7) is 4.32. The molecule has 2 aromatic carbocycles. The summed E-state index contributed by atoms with van der Waals surface area (Å²) in [5, 5.41) is 10.4. The largest absolute Gasteiger partial charge is 0.504 e. The average Bonchev–Trinajstić information content (AvgIpc) is 2.44. The van der Waals surface area contributed by atoms with Gasteiger partial charge in [0.2, 0.25) is 0 Å². The molecule has 0 amide bonds. The van der Waals surface area contributed by atoms with Crippen molar-refractivity contribution in [2.75, 3.05) is 13.7 Å². The van der Waals surface area contributed by atoms with Gasteiger partial charge in [0.25, 0.3) is 0 Å². The fourth-order valence-electron chi connectivity index (χ4n) is 2.02. The van der Waals surface area contributed by atoms with E-state index in [-0.39, 0.29) is 5.75 Å². The van der Waals surface area contributed by atoms with Crippen molar-refractivity contribution in [2.24, 2.45) is 0 Å². The van der Waals surface area contributed by atoms with E-state index >= 15 is 0 Å². The number of methoxy groups -OCH3 is 1. The van der Waals surface area contributed by atoms with Crippen molar-refractivity contribution in [1.82, 2.24) is 0 Å². The predicted octanol–water partition coefficient (Wildman–Crippen LogP) is 4.43. The second-order valence-corrected chi connectivity index (χ2v) is 4.83. The Morgan fingerprint density at radius 3 is 2.45 bits per heavy atom. The zero-order chi connectivity index (χ0) is 14.7. The van der Waals surface area contributed by atoms with Crippen LogP contribution in [0.4, 0.5) is 0 Å². The maximum atomic E-state index is 9.87. The van der Waals surface area contributed by atoms with E-state index in [0.717, 1.165) is 16.7 Å². The lowest BCUT2D eigenvalue weighted by Crippen LogP contribution is -1.92. The van der Waals surface area contributed by atoms with E-state index in [2.05, 4.69) is 0 Å². The minimum Gasteiger partial charge on any atom is -0.504 e.